The van der Waals surface area contributed by atoms with Crippen molar-refractivity contribution in [3.05, 3.63) is 46.8 Å². The Balaban J connectivity index is 1.74. The molecule has 0 fully saturated rings. The molecule has 0 saturated carbocycles. The van der Waals surface area contributed by atoms with E-state index in [2.05, 4.69) is 41.9 Å². The molecule has 20 heavy (non-hydrogen) atoms. The third kappa shape index (κ3) is 2.59. The molecule has 7 nitrogen and oxygen atoms in total. The summed E-state index contributed by atoms with van der Waals surface area (Å²) in [5, 5.41) is 16.3. The van der Waals surface area contributed by atoms with Crippen LogP contribution in [-0.2, 0) is 0 Å². The number of tetrazole rings is 1. The number of hydrogen-bond donors (Lipinski definition) is 2. The molecule has 0 atom stereocenters. The van der Waals surface area contributed by atoms with Crippen molar-refractivity contribution in [1.82, 2.24) is 20.6 Å². The molecule has 0 aliphatic carbocycles. The predicted octanol–water partition coefficient (Wildman–Crippen LogP) is 2.47. The van der Waals surface area contributed by atoms with E-state index in [0.717, 1.165) is 5.56 Å². The molecular weight excluding hydrogens is 326 g/mol. The van der Waals surface area contributed by atoms with Crippen molar-refractivity contribution in [3.8, 4) is 11.4 Å². The lowest BCUT2D eigenvalue weighted by Gasteiger charge is -2.03. The highest BCUT2D eigenvalue weighted by atomic mass is 79.9. The van der Waals surface area contributed by atoms with Crippen LogP contribution in [0.5, 0.6) is 0 Å². The molecule has 3 aromatic rings. The number of nitrogens with zero attached hydrogens (tertiary/aromatic N) is 3. The van der Waals surface area contributed by atoms with Crippen molar-refractivity contribution in [2.45, 2.75) is 0 Å². The number of carbonyl (C=O) groups is 1. The van der Waals surface area contributed by atoms with Crippen LogP contribution in [0.4, 0.5) is 5.69 Å². The first-order chi connectivity index (χ1) is 9.72. The standard InChI is InChI=1S/C12H8BrN5O2/c13-10-6-5-9(20-10)12(19)14-8-3-1-7(2-4-8)11-15-17-18-16-11/h1-6H,(H,14,19)(H,15,16,17,18). The average molecular weight is 334 g/mol. The van der Waals surface area contributed by atoms with E-state index < -0.39 is 0 Å². The predicted molar refractivity (Wildman–Crippen MR) is 74.0 cm³/mol. The number of carbonyl (C=O) groups excluding carboxylic acids is 1. The molecule has 2 aromatic heterocycles. The number of amides is 1. The molecule has 8 heteroatoms. The Labute approximate surface area is 121 Å². The highest BCUT2D eigenvalue weighted by Crippen LogP contribution is 2.19. The fourth-order valence-corrected chi connectivity index (χ4v) is 1.92. The van der Waals surface area contributed by atoms with Crippen LogP contribution in [0, 0.1) is 0 Å². The van der Waals surface area contributed by atoms with Gasteiger partial charge in [0.25, 0.3) is 5.91 Å². The van der Waals surface area contributed by atoms with Crippen LogP contribution in [0.25, 0.3) is 11.4 Å². The zero-order valence-electron chi connectivity index (χ0n) is 10.0. The van der Waals surface area contributed by atoms with E-state index in [1.54, 1.807) is 36.4 Å². The lowest BCUT2D eigenvalue weighted by molar-refractivity contribution is 0.0995. The number of aromatic amines is 1. The van der Waals surface area contributed by atoms with Crippen LogP contribution >= 0.6 is 15.9 Å². The maximum absolute atomic E-state index is 11.9. The van der Waals surface area contributed by atoms with Gasteiger partial charge in [-0.3, -0.25) is 4.79 Å². The third-order valence-electron chi connectivity index (χ3n) is 2.54. The Morgan fingerprint density at radius 3 is 2.60 bits per heavy atom. The van der Waals surface area contributed by atoms with Gasteiger partial charge in [-0.25, -0.2) is 0 Å². The maximum Gasteiger partial charge on any atom is 0.291 e. The fourth-order valence-electron chi connectivity index (χ4n) is 1.62. The van der Waals surface area contributed by atoms with Crippen molar-refractivity contribution in [1.29, 1.82) is 0 Å². The SMILES string of the molecule is O=C(Nc1ccc(-c2nn[nH]n2)cc1)c1ccc(Br)o1. The monoisotopic (exact) mass is 333 g/mol. The van der Waals surface area contributed by atoms with Gasteiger partial charge in [-0.1, -0.05) is 0 Å². The van der Waals surface area contributed by atoms with E-state index in [-0.39, 0.29) is 11.7 Å². The summed E-state index contributed by atoms with van der Waals surface area (Å²) in [5.41, 5.74) is 1.45. The molecule has 0 aliphatic heterocycles. The molecule has 0 unspecified atom stereocenters. The molecule has 0 radical (unpaired) electrons. The third-order valence-corrected chi connectivity index (χ3v) is 2.97. The zero-order chi connectivity index (χ0) is 13.9. The van der Waals surface area contributed by atoms with Crippen molar-refractivity contribution < 1.29 is 9.21 Å². The Kier molecular flexibility index (Phi) is 3.30. The molecule has 0 saturated heterocycles. The second kappa shape index (κ2) is 5.25. The van der Waals surface area contributed by atoms with Gasteiger partial charge >= 0.3 is 0 Å². The van der Waals surface area contributed by atoms with E-state index in [9.17, 15) is 4.79 Å². The van der Waals surface area contributed by atoms with Gasteiger partial charge in [0.05, 0.1) is 0 Å². The second-order valence-corrected chi connectivity index (χ2v) is 4.65. The molecule has 0 aliphatic rings. The van der Waals surface area contributed by atoms with Crippen LogP contribution in [0.15, 0.2) is 45.5 Å². The molecule has 2 heterocycles. The number of anilines is 1. The Morgan fingerprint density at radius 2 is 2.00 bits per heavy atom. The largest absolute Gasteiger partial charge is 0.444 e. The van der Waals surface area contributed by atoms with Gasteiger partial charge in [-0.2, -0.15) is 5.21 Å². The highest BCUT2D eigenvalue weighted by molar-refractivity contribution is 9.10. The number of rotatable bonds is 3. The lowest BCUT2D eigenvalue weighted by atomic mass is 10.2. The smallest absolute Gasteiger partial charge is 0.291 e. The van der Waals surface area contributed by atoms with Crippen molar-refractivity contribution in [3.63, 3.8) is 0 Å². The van der Waals surface area contributed by atoms with Gasteiger partial charge in [-0.15, -0.1) is 10.2 Å². The normalized spacial score (nSPS) is 10.4. The molecule has 0 bridgehead atoms. The summed E-state index contributed by atoms with van der Waals surface area (Å²) in [6.07, 6.45) is 0. The summed E-state index contributed by atoms with van der Waals surface area (Å²) in [4.78, 5) is 11.9. The fraction of sp³-hybridized carbons (Fsp3) is 0. The van der Waals surface area contributed by atoms with Crippen molar-refractivity contribution in [2.24, 2.45) is 0 Å². The number of furan rings is 1. The number of nitrogens with one attached hydrogen (secondary N) is 2. The van der Waals surface area contributed by atoms with E-state index in [1.807, 2.05) is 0 Å². The van der Waals surface area contributed by atoms with Crippen LogP contribution in [-0.4, -0.2) is 26.5 Å². The van der Waals surface area contributed by atoms with Gasteiger partial charge in [0.2, 0.25) is 5.82 Å². The van der Waals surface area contributed by atoms with Gasteiger partial charge in [-0.05, 0) is 57.5 Å². The summed E-state index contributed by atoms with van der Waals surface area (Å²) >= 11 is 3.15. The van der Waals surface area contributed by atoms with Crippen molar-refractivity contribution >= 4 is 27.5 Å². The van der Waals surface area contributed by atoms with Crippen LogP contribution in [0.3, 0.4) is 0 Å². The second-order valence-electron chi connectivity index (χ2n) is 3.87. The molecule has 1 amide bonds. The minimum Gasteiger partial charge on any atom is -0.444 e. The number of aromatic nitrogens is 4. The Bertz CT molecular complexity index is 721. The number of halogens is 1. The van der Waals surface area contributed by atoms with Crippen molar-refractivity contribution in [2.75, 3.05) is 5.32 Å². The number of hydrogen-bond acceptors (Lipinski definition) is 5. The first kappa shape index (κ1) is 12.5. The van der Waals surface area contributed by atoms with Gasteiger partial charge in [0, 0.05) is 11.3 Å². The summed E-state index contributed by atoms with van der Waals surface area (Å²) < 4.78 is 5.68. The molecule has 100 valence electrons. The topological polar surface area (TPSA) is 96.7 Å². The summed E-state index contributed by atoms with van der Waals surface area (Å²) in [6, 6.07) is 10.3. The lowest BCUT2D eigenvalue weighted by Crippen LogP contribution is -2.10. The van der Waals surface area contributed by atoms with Gasteiger partial charge in [0.1, 0.15) is 0 Å². The summed E-state index contributed by atoms with van der Waals surface area (Å²) in [5.74, 6) is 0.417. The minimum absolute atomic E-state index is 0.235. The van der Waals surface area contributed by atoms with Gasteiger partial charge < -0.3 is 9.73 Å². The summed E-state index contributed by atoms with van der Waals surface area (Å²) in [6.45, 7) is 0. The maximum atomic E-state index is 11.9. The van der Waals surface area contributed by atoms with Crippen LogP contribution in [0.1, 0.15) is 10.6 Å². The molecule has 3 rings (SSSR count). The Morgan fingerprint density at radius 1 is 1.20 bits per heavy atom. The molecule has 1 aromatic carbocycles. The highest BCUT2D eigenvalue weighted by Gasteiger charge is 2.11. The van der Waals surface area contributed by atoms with Crippen LogP contribution in [0.2, 0.25) is 0 Å². The molecule has 2 N–H and O–H groups in total. The Hall–Kier alpha value is -2.48. The first-order valence-electron chi connectivity index (χ1n) is 5.63. The number of benzene rings is 1. The van der Waals surface area contributed by atoms with E-state index >= 15 is 0 Å². The first-order valence-corrected chi connectivity index (χ1v) is 6.42. The van der Waals surface area contributed by atoms with E-state index in [4.69, 9.17) is 4.42 Å². The quantitative estimate of drug-likeness (QED) is 0.767. The summed E-state index contributed by atoms with van der Waals surface area (Å²) in [7, 11) is 0. The van der Waals surface area contributed by atoms with E-state index in [0.29, 0.717) is 16.2 Å². The number of H-pyrrole nitrogens is 1. The van der Waals surface area contributed by atoms with Crippen LogP contribution < -0.4 is 5.32 Å². The zero-order valence-corrected chi connectivity index (χ0v) is 11.6. The average Bonchev–Trinajstić information content (AvgIpc) is 3.10. The minimum atomic E-state index is -0.317. The molecular formula is C12H8BrN5O2. The van der Waals surface area contributed by atoms with Gasteiger partial charge in [0.15, 0.2) is 10.4 Å². The molecule has 0 spiro atoms. The van der Waals surface area contributed by atoms with E-state index in [1.165, 1.54) is 0 Å².